The summed E-state index contributed by atoms with van der Waals surface area (Å²) in [6, 6.07) is 3.99. The Labute approximate surface area is 150 Å². The molecule has 1 aromatic rings. The first-order valence-corrected chi connectivity index (χ1v) is 8.86. The minimum absolute atomic E-state index is 0.0367. The summed E-state index contributed by atoms with van der Waals surface area (Å²) in [6.07, 6.45) is 7.88. The molecule has 1 atom stereocenters. The standard InChI is InChI=1S/C19H29N3O3/c1-21(2)18(24)19(9-4-7-16-8-5-11-20-13-16)10-6-12-22(15-19)17(23)14-25-3/h5,8,11,13H,4,6-7,9-10,12,14-15H2,1-3H3/t19-/m1/s1. The van der Waals surface area contributed by atoms with Crippen LogP contribution in [0.3, 0.4) is 0 Å². The second-order valence-corrected chi connectivity index (χ2v) is 7.05. The quantitative estimate of drug-likeness (QED) is 0.754. The van der Waals surface area contributed by atoms with Gasteiger partial charge in [-0.15, -0.1) is 0 Å². The molecule has 2 rings (SSSR count). The molecule has 1 aromatic heterocycles. The van der Waals surface area contributed by atoms with Gasteiger partial charge in [-0.05, 0) is 43.7 Å². The zero-order valence-corrected chi connectivity index (χ0v) is 15.5. The van der Waals surface area contributed by atoms with Crippen LogP contribution in [-0.2, 0) is 20.7 Å². The van der Waals surface area contributed by atoms with Crippen LogP contribution >= 0.6 is 0 Å². The lowest BCUT2D eigenvalue weighted by molar-refractivity contribution is -0.149. The summed E-state index contributed by atoms with van der Waals surface area (Å²) >= 11 is 0. The summed E-state index contributed by atoms with van der Waals surface area (Å²) < 4.78 is 4.98. The van der Waals surface area contributed by atoms with Crippen LogP contribution in [0.2, 0.25) is 0 Å². The molecular formula is C19H29N3O3. The van der Waals surface area contributed by atoms with Crippen molar-refractivity contribution in [1.82, 2.24) is 14.8 Å². The van der Waals surface area contributed by atoms with Crippen LogP contribution in [-0.4, -0.2) is 67.5 Å². The number of methoxy groups -OCH3 is 1. The molecule has 1 aliphatic heterocycles. The number of piperidine rings is 1. The monoisotopic (exact) mass is 347 g/mol. The molecule has 25 heavy (non-hydrogen) atoms. The van der Waals surface area contributed by atoms with Gasteiger partial charge in [0.25, 0.3) is 0 Å². The van der Waals surface area contributed by atoms with E-state index in [2.05, 4.69) is 11.1 Å². The van der Waals surface area contributed by atoms with Crippen molar-refractivity contribution in [1.29, 1.82) is 0 Å². The van der Waals surface area contributed by atoms with Gasteiger partial charge in [0.15, 0.2) is 0 Å². The fourth-order valence-corrected chi connectivity index (χ4v) is 3.70. The Morgan fingerprint density at radius 1 is 1.40 bits per heavy atom. The maximum Gasteiger partial charge on any atom is 0.248 e. The first-order valence-electron chi connectivity index (χ1n) is 8.86. The lowest BCUT2D eigenvalue weighted by atomic mass is 9.74. The zero-order valence-electron chi connectivity index (χ0n) is 15.5. The summed E-state index contributed by atoms with van der Waals surface area (Å²) in [6.45, 7) is 1.26. The van der Waals surface area contributed by atoms with Gasteiger partial charge in [-0.25, -0.2) is 0 Å². The van der Waals surface area contributed by atoms with E-state index in [9.17, 15) is 9.59 Å². The van der Waals surface area contributed by atoms with Crippen molar-refractivity contribution in [3.8, 4) is 0 Å². The van der Waals surface area contributed by atoms with E-state index in [0.717, 1.165) is 32.1 Å². The maximum absolute atomic E-state index is 12.9. The number of aromatic nitrogens is 1. The van der Waals surface area contributed by atoms with Crippen molar-refractivity contribution in [3.05, 3.63) is 30.1 Å². The molecule has 0 radical (unpaired) electrons. The summed E-state index contributed by atoms with van der Waals surface area (Å²) in [4.78, 5) is 32.8. The van der Waals surface area contributed by atoms with Crippen LogP contribution in [0.4, 0.5) is 0 Å². The van der Waals surface area contributed by atoms with Crippen molar-refractivity contribution < 1.29 is 14.3 Å². The molecular weight excluding hydrogens is 318 g/mol. The fourth-order valence-electron chi connectivity index (χ4n) is 3.70. The number of hydrogen-bond donors (Lipinski definition) is 0. The number of amides is 2. The van der Waals surface area contributed by atoms with E-state index in [4.69, 9.17) is 4.74 Å². The Balaban J connectivity index is 2.08. The van der Waals surface area contributed by atoms with Crippen molar-refractivity contribution in [2.24, 2.45) is 5.41 Å². The molecule has 0 aliphatic carbocycles. The van der Waals surface area contributed by atoms with Crippen molar-refractivity contribution in [2.45, 2.75) is 32.1 Å². The highest BCUT2D eigenvalue weighted by atomic mass is 16.5. The highest BCUT2D eigenvalue weighted by Gasteiger charge is 2.43. The normalized spacial score (nSPS) is 20.4. The molecule has 0 aromatic carbocycles. The minimum atomic E-state index is -0.493. The number of likely N-dealkylation sites (tertiary alicyclic amines) is 1. The van der Waals surface area contributed by atoms with Gasteiger partial charge in [-0.3, -0.25) is 14.6 Å². The number of pyridine rings is 1. The predicted octanol–water partition coefficient (Wildman–Crippen LogP) is 1.75. The Bertz CT molecular complexity index is 577. The average Bonchev–Trinajstić information content (AvgIpc) is 2.62. The van der Waals surface area contributed by atoms with Crippen LogP contribution in [0.25, 0.3) is 0 Å². The van der Waals surface area contributed by atoms with Gasteiger partial charge < -0.3 is 14.5 Å². The van der Waals surface area contributed by atoms with Crippen LogP contribution in [0.1, 0.15) is 31.2 Å². The first kappa shape index (κ1) is 19.4. The van der Waals surface area contributed by atoms with Crippen molar-refractivity contribution >= 4 is 11.8 Å². The van der Waals surface area contributed by atoms with Crippen LogP contribution < -0.4 is 0 Å². The van der Waals surface area contributed by atoms with Gasteiger partial charge in [-0.2, -0.15) is 0 Å². The van der Waals surface area contributed by atoms with E-state index in [1.54, 1.807) is 30.1 Å². The minimum Gasteiger partial charge on any atom is -0.375 e. The Morgan fingerprint density at radius 2 is 2.20 bits per heavy atom. The third kappa shape index (κ3) is 5.01. The van der Waals surface area contributed by atoms with E-state index in [1.165, 1.54) is 12.7 Å². The first-order chi connectivity index (χ1) is 12.0. The topological polar surface area (TPSA) is 62.7 Å². The smallest absolute Gasteiger partial charge is 0.248 e. The van der Waals surface area contributed by atoms with Gasteiger partial charge in [0.2, 0.25) is 11.8 Å². The van der Waals surface area contributed by atoms with Gasteiger partial charge in [-0.1, -0.05) is 6.07 Å². The number of carbonyl (C=O) groups excluding carboxylic acids is 2. The summed E-state index contributed by atoms with van der Waals surface area (Å²) in [5.74, 6) is 0.0824. The molecule has 0 unspecified atom stereocenters. The molecule has 1 saturated heterocycles. The molecule has 2 amide bonds. The van der Waals surface area contributed by atoms with Crippen molar-refractivity contribution in [2.75, 3.05) is 40.9 Å². The van der Waals surface area contributed by atoms with E-state index in [0.29, 0.717) is 13.1 Å². The largest absolute Gasteiger partial charge is 0.375 e. The second kappa shape index (κ2) is 8.94. The van der Waals surface area contributed by atoms with E-state index < -0.39 is 5.41 Å². The second-order valence-electron chi connectivity index (χ2n) is 7.05. The van der Waals surface area contributed by atoms with Crippen molar-refractivity contribution in [3.63, 3.8) is 0 Å². The van der Waals surface area contributed by atoms with Crippen LogP contribution in [0.5, 0.6) is 0 Å². The zero-order chi connectivity index (χ0) is 18.3. The van der Waals surface area contributed by atoms with Gasteiger partial charge in [0.05, 0.1) is 5.41 Å². The van der Waals surface area contributed by atoms with E-state index in [1.807, 2.05) is 12.3 Å². The predicted molar refractivity (Wildman–Crippen MR) is 96.0 cm³/mol. The van der Waals surface area contributed by atoms with Crippen LogP contribution in [0, 0.1) is 5.41 Å². The number of carbonyl (C=O) groups is 2. The van der Waals surface area contributed by atoms with E-state index in [-0.39, 0.29) is 18.4 Å². The number of aryl methyl sites for hydroxylation is 1. The molecule has 0 spiro atoms. The third-order valence-electron chi connectivity index (χ3n) is 4.90. The molecule has 1 aliphatic rings. The maximum atomic E-state index is 12.9. The number of rotatable bonds is 7. The molecule has 0 N–H and O–H groups in total. The molecule has 2 heterocycles. The summed E-state index contributed by atoms with van der Waals surface area (Å²) in [7, 11) is 5.11. The van der Waals surface area contributed by atoms with Gasteiger partial charge in [0, 0.05) is 46.7 Å². The fraction of sp³-hybridized carbons (Fsp3) is 0.632. The number of ether oxygens (including phenoxy) is 1. The van der Waals surface area contributed by atoms with Crippen LogP contribution in [0.15, 0.2) is 24.5 Å². The third-order valence-corrected chi connectivity index (χ3v) is 4.90. The van der Waals surface area contributed by atoms with Gasteiger partial charge in [0.1, 0.15) is 6.61 Å². The van der Waals surface area contributed by atoms with E-state index >= 15 is 0 Å². The molecule has 138 valence electrons. The Morgan fingerprint density at radius 3 is 2.84 bits per heavy atom. The molecule has 0 bridgehead atoms. The summed E-state index contributed by atoms with van der Waals surface area (Å²) in [5.41, 5.74) is 0.686. The highest BCUT2D eigenvalue weighted by molar-refractivity contribution is 5.84. The SMILES string of the molecule is COCC(=O)N1CCC[C@@](CCCc2cccnc2)(C(=O)N(C)C)C1. The molecule has 1 fully saturated rings. The lowest BCUT2D eigenvalue weighted by Gasteiger charge is -2.43. The Kier molecular flexibility index (Phi) is 6.93. The number of hydrogen-bond acceptors (Lipinski definition) is 4. The molecule has 6 heteroatoms. The highest BCUT2D eigenvalue weighted by Crippen LogP contribution is 2.37. The van der Waals surface area contributed by atoms with Gasteiger partial charge >= 0.3 is 0 Å². The lowest BCUT2D eigenvalue weighted by Crippen LogP contribution is -2.53. The Hall–Kier alpha value is -1.95. The average molecular weight is 347 g/mol. The molecule has 0 saturated carbocycles. The number of nitrogens with zero attached hydrogens (tertiary/aromatic N) is 3. The summed E-state index contributed by atoms with van der Waals surface area (Å²) in [5, 5.41) is 0. The molecule has 6 nitrogen and oxygen atoms in total.